The fourth-order valence-corrected chi connectivity index (χ4v) is 4.78. The van der Waals surface area contributed by atoms with Crippen LogP contribution >= 0.6 is 0 Å². The van der Waals surface area contributed by atoms with E-state index in [1.807, 2.05) is 24.3 Å². The second kappa shape index (κ2) is 5.70. The lowest BCUT2D eigenvalue weighted by atomic mass is 9.98. The van der Waals surface area contributed by atoms with Crippen molar-refractivity contribution in [2.45, 2.75) is 18.8 Å². The number of ether oxygens (including phenoxy) is 1. The molecule has 2 aromatic rings. The first-order chi connectivity index (χ1) is 12.7. The van der Waals surface area contributed by atoms with Crippen LogP contribution in [0.2, 0.25) is 0 Å². The Hall–Kier alpha value is -2.62. The van der Waals surface area contributed by atoms with Crippen LogP contribution in [0.1, 0.15) is 29.9 Å². The molecule has 0 bridgehead atoms. The van der Waals surface area contributed by atoms with Gasteiger partial charge in [0.1, 0.15) is 12.9 Å². The van der Waals surface area contributed by atoms with Crippen molar-refractivity contribution in [3.63, 3.8) is 0 Å². The van der Waals surface area contributed by atoms with E-state index in [1.165, 1.54) is 22.3 Å². The normalized spacial score (nSPS) is 25.8. The number of hydrogen-bond donors (Lipinski definition) is 0. The lowest BCUT2D eigenvalue weighted by molar-refractivity contribution is -0.109. The molecule has 1 spiro atoms. The summed E-state index contributed by atoms with van der Waals surface area (Å²) in [6, 6.07) is 16.7. The van der Waals surface area contributed by atoms with E-state index in [9.17, 15) is 9.59 Å². The highest BCUT2D eigenvalue weighted by Gasteiger charge is 2.58. The zero-order valence-corrected chi connectivity index (χ0v) is 14.6. The summed E-state index contributed by atoms with van der Waals surface area (Å²) in [5, 5.41) is 0. The van der Waals surface area contributed by atoms with E-state index >= 15 is 0 Å². The van der Waals surface area contributed by atoms with Crippen molar-refractivity contribution in [3.05, 3.63) is 59.7 Å². The highest BCUT2D eigenvalue weighted by atomic mass is 16.6. The zero-order valence-electron chi connectivity index (χ0n) is 14.6. The van der Waals surface area contributed by atoms with E-state index in [1.54, 1.807) is 4.90 Å². The first-order valence-corrected chi connectivity index (χ1v) is 9.27. The molecule has 2 unspecified atom stereocenters. The van der Waals surface area contributed by atoms with Gasteiger partial charge in [0, 0.05) is 24.9 Å². The van der Waals surface area contributed by atoms with Gasteiger partial charge in [-0.1, -0.05) is 48.5 Å². The average Bonchev–Trinajstić information content (AvgIpc) is 3.04. The number of carbonyl (C=O) groups excluding carboxylic acids is 2. The molecule has 26 heavy (non-hydrogen) atoms. The van der Waals surface area contributed by atoms with Crippen LogP contribution < -0.4 is 0 Å². The third-order valence-electron chi connectivity index (χ3n) is 6.40. The van der Waals surface area contributed by atoms with Crippen LogP contribution in [0.15, 0.2) is 48.5 Å². The Morgan fingerprint density at radius 3 is 2.38 bits per heavy atom. The lowest BCUT2D eigenvalue weighted by Crippen LogP contribution is -2.31. The Balaban J connectivity index is 1.30. The minimum absolute atomic E-state index is 0.0489. The van der Waals surface area contributed by atoms with Gasteiger partial charge in [-0.15, -0.1) is 0 Å². The Labute approximate surface area is 152 Å². The third kappa shape index (κ3) is 2.28. The number of aldehydes is 1. The molecule has 1 aliphatic heterocycles. The van der Waals surface area contributed by atoms with E-state index in [-0.39, 0.29) is 23.3 Å². The van der Waals surface area contributed by atoms with Gasteiger partial charge in [-0.2, -0.15) is 0 Å². The molecule has 2 fully saturated rings. The molecule has 1 saturated heterocycles. The van der Waals surface area contributed by atoms with Crippen molar-refractivity contribution in [3.8, 4) is 11.1 Å². The minimum Gasteiger partial charge on any atom is -0.448 e. The summed E-state index contributed by atoms with van der Waals surface area (Å²) >= 11 is 0. The first kappa shape index (κ1) is 15.6. The summed E-state index contributed by atoms with van der Waals surface area (Å²) in [4.78, 5) is 25.3. The summed E-state index contributed by atoms with van der Waals surface area (Å²) < 4.78 is 5.71. The Morgan fingerprint density at radius 1 is 1.12 bits per heavy atom. The van der Waals surface area contributed by atoms with Crippen molar-refractivity contribution in [2.75, 3.05) is 19.7 Å². The number of benzene rings is 2. The molecule has 1 heterocycles. The summed E-state index contributed by atoms with van der Waals surface area (Å²) in [6.07, 6.45) is 2.63. The van der Waals surface area contributed by atoms with Crippen LogP contribution in [0.4, 0.5) is 4.79 Å². The van der Waals surface area contributed by atoms with E-state index in [0.29, 0.717) is 19.7 Å². The average molecular weight is 347 g/mol. The molecule has 2 atom stereocenters. The molecule has 1 saturated carbocycles. The van der Waals surface area contributed by atoms with Crippen LogP contribution in [0, 0.1) is 11.3 Å². The summed E-state index contributed by atoms with van der Waals surface area (Å²) in [5.41, 5.74) is 4.96. The smallest absolute Gasteiger partial charge is 0.409 e. The molecular formula is C22H21NO3. The van der Waals surface area contributed by atoms with Gasteiger partial charge in [0.05, 0.1) is 0 Å². The molecule has 4 nitrogen and oxygen atoms in total. The maximum atomic E-state index is 12.6. The number of carbonyl (C=O) groups is 2. The van der Waals surface area contributed by atoms with E-state index < -0.39 is 0 Å². The van der Waals surface area contributed by atoms with Crippen LogP contribution in [-0.4, -0.2) is 37.0 Å². The number of likely N-dealkylation sites (tertiary alicyclic amines) is 1. The van der Waals surface area contributed by atoms with E-state index in [0.717, 1.165) is 19.1 Å². The van der Waals surface area contributed by atoms with Gasteiger partial charge >= 0.3 is 6.09 Å². The van der Waals surface area contributed by atoms with Crippen molar-refractivity contribution < 1.29 is 14.3 Å². The number of amides is 1. The number of hydrogen-bond acceptors (Lipinski definition) is 3. The summed E-state index contributed by atoms with van der Waals surface area (Å²) in [6.45, 7) is 1.71. The van der Waals surface area contributed by atoms with Crippen molar-refractivity contribution in [1.29, 1.82) is 0 Å². The van der Waals surface area contributed by atoms with Crippen LogP contribution in [0.25, 0.3) is 11.1 Å². The van der Waals surface area contributed by atoms with Gasteiger partial charge in [0.25, 0.3) is 0 Å². The minimum atomic E-state index is -0.250. The van der Waals surface area contributed by atoms with Gasteiger partial charge in [-0.25, -0.2) is 4.79 Å². The summed E-state index contributed by atoms with van der Waals surface area (Å²) in [7, 11) is 0. The van der Waals surface area contributed by atoms with Gasteiger partial charge in [-0.3, -0.25) is 0 Å². The highest BCUT2D eigenvalue weighted by Crippen LogP contribution is 2.57. The molecular weight excluding hydrogens is 326 g/mol. The van der Waals surface area contributed by atoms with Crippen molar-refractivity contribution >= 4 is 12.4 Å². The van der Waals surface area contributed by atoms with Gasteiger partial charge in [0.2, 0.25) is 0 Å². The molecule has 3 aliphatic rings. The molecule has 4 heteroatoms. The largest absolute Gasteiger partial charge is 0.448 e. The Bertz CT molecular complexity index is 847. The quantitative estimate of drug-likeness (QED) is 0.793. The SMILES string of the molecule is O=CC1CC12CCN(C(=O)OCC1c3ccccc3-c3ccccc31)C2. The van der Waals surface area contributed by atoms with Gasteiger partial charge < -0.3 is 14.4 Å². The lowest BCUT2D eigenvalue weighted by Gasteiger charge is -2.19. The van der Waals surface area contributed by atoms with Crippen LogP contribution in [-0.2, 0) is 9.53 Å². The highest BCUT2D eigenvalue weighted by molar-refractivity contribution is 5.79. The topological polar surface area (TPSA) is 46.6 Å². The maximum absolute atomic E-state index is 12.6. The molecule has 1 amide bonds. The number of nitrogens with zero attached hydrogens (tertiary/aromatic N) is 1. The van der Waals surface area contributed by atoms with E-state index in [4.69, 9.17) is 4.74 Å². The second-order valence-electron chi connectivity index (χ2n) is 7.78. The number of fused-ring (bicyclic) bond motifs is 3. The fraction of sp³-hybridized carbons (Fsp3) is 0.364. The molecule has 132 valence electrons. The summed E-state index contributed by atoms with van der Waals surface area (Å²) in [5.74, 6) is 0.223. The predicted octanol–water partition coefficient (Wildman–Crippen LogP) is 3.85. The Kier molecular flexibility index (Phi) is 3.42. The second-order valence-corrected chi connectivity index (χ2v) is 7.78. The standard InChI is InChI=1S/C22H21NO3/c24-12-15-11-22(15)9-10-23(14-22)21(25)26-13-20-18-7-3-1-5-16(18)17-6-2-4-8-19(17)20/h1-8,12,15,20H,9-11,13-14H2. The van der Waals surface area contributed by atoms with Crippen molar-refractivity contribution in [2.24, 2.45) is 11.3 Å². The van der Waals surface area contributed by atoms with E-state index in [2.05, 4.69) is 24.3 Å². The molecule has 0 N–H and O–H groups in total. The molecule has 2 aliphatic carbocycles. The number of rotatable bonds is 3. The molecule has 0 radical (unpaired) electrons. The van der Waals surface area contributed by atoms with Crippen LogP contribution in [0.3, 0.4) is 0 Å². The molecule has 5 rings (SSSR count). The first-order valence-electron chi connectivity index (χ1n) is 9.27. The van der Waals surface area contributed by atoms with Gasteiger partial charge in [0.15, 0.2) is 0 Å². The third-order valence-corrected chi connectivity index (χ3v) is 6.40. The predicted molar refractivity (Wildman–Crippen MR) is 97.9 cm³/mol. The monoisotopic (exact) mass is 347 g/mol. The maximum Gasteiger partial charge on any atom is 0.409 e. The fourth-order valence-electron chi connectivity index (χ4n) is 4.78. The molecule has 2 aromatic carbocycles. The van der Waals surface area contributed by atoms with Crippen LogP contribution in [0.5, 0.6) is 0 Å². The van der Waals surface area contributed by atoms with Crippen molar-refractivity contribution in [1.82, 2.24) is 4.90 Å². The zero-order chi connectivity index (χ0) is 17.7. The van der Waals surface area contributed by atoms with Gasteiger partial charge in [-0.05, 0) is 40.5 Å². The Morgan fingerprint density at radius 2 is 1.77 bits per heavy atom. The molecule has 0 aromatic heterocycles.